The molecule has 0 amide bonds. The fraction of sp³-hybridized carbons (Fsp3) is 0.167. The lowest BCUT2D eigenvalue weighted by Gasteiger charge is -2.04. The predicted octanol–water partition coefficient (Wildman–Crippen LogP) is 2.36. The van der Waals surface area contributed by atoms with Crippen molar-refractivity contribution < 1.29 is 0 Å². The van der Waals surface area contributed by atoms with Gasteiger partial charge in [0.05, 0.1) is 17.4 Å². The van der Waals surface area contributed by atoms with Crippen molar-refractivity contribution in [1.82, 2.24) is 9.78 Å². The zero-order valence-corrected chi connectivity index (χ0v) is 8.73. The Bertz CT molecular complexity index is 532. The third-order valence-corrected chi connectivity index (χ3v) is 2.23. The minimum absolute atomic E-state index is 0.642. The average molecular weight is 197 g/mol. The third-order valence-electron chi connectivity index (χ3n) is 2.23. The smallest absolute Gasteiger partial charge is 0.101 e. The first-order valence-electron chi connectivity index (χ1n) is 4.73. The van der Waals surface area contributed by atoms with Crippen molar-refractivity contribution >= 4 is 0 Å². The SMILES string of the molecule is Cc1ccc(C#N)c(-n2cc(C)cn2)c1. The molecule has 0 aliphatic carbocycles. The lowest BCUT2D eigenvalue weighted by atomic mass is 10.1. The van der Waals surface area contributed by atoms with Gasteiger partial charge >= 0.3 is 0 Å². The Kier molecular flexibility index (Phi) is 2.26. The molecule has 1 aromatic heterocycles. The zero-order chi connectivity index (χ0) is 10.8. The topological polar surface area (TPSA) is 41.6 Å². The summed E-state index contributed by atoms with van der Waals surface area (Å²) in [6.07, 6.45) is 3.69. The highest BCUT2D eigenvalue weighted by Crippen LogP contribution is 2.15. The number of nitrogens with zero attached hydrogens (tertiary/aromatic N) is 3. The fourth-order valence-electron chi connectivity index (χ4n) is 1.47. The van der Waals surface area contributed by atoms with E-state index in [1.54, 1.807) is 10.9 Å². The van der Waals surface area contributed by atoms with Gasteiger partial charge in [-0.05, 0) is 37.1 Å². The van der Waals surface area contributed by atoms with E-state index in [9.17, 15) is 0 Å². The van der Waals surface area contributed by atoms with E-state index in [-0.39, 0.29) is 0 Å². The number of aryl methyl sites for hydroxylation is 2. The number of hydrogen-bond acceptors (Lipinski definition) is 2. The van der Waals surface area contributed by atoms with Crippen LogP contribution in [0.4, 0.5) is 0 Å². The van der Waals surface area contributed by atoms with Gasteiger partial charge in [0.1, 0.15) is 6.07 Å². The van der Waals surface area contributed by atoms with Crippen LogP contribution in [-0.2, 0) is 0 Å². The van der Waals surface area contributed by atoms with Crippen molar-refractivity contribution in [2.24, 2.45) is 0 Å². The second-order valence-corrected chi connectivity index (χ2v) is 3.59. The van der Waals surface area contributed by atoms with Gasteiger partial charge in [-0.2, -0.15) is 10.4 Å². The number of nitriles is 1. The van der Waals surface area contributed by atoms with E-state index in [4.69, 9.17) is 5.26 Å². The number of aromatic nitrogens is 2. The normalized spacial score (nSPS) is 9.93. The summed E-state index contributed by atoms with van der Waals surface area (Å²) < 4.78 is 1.74. The first-order valence-corrected chi connectivity index (χ1v) is 4.73. The quantitative estimate of drug-likeness (QED) is 0.704. The number of rotatable bonds is 1. The molecule has 2 rings (SSSR count). The Morgan fingerprint density at radius 1 is 1.27 bits per heavy atom. The van der Waals surface area contributed by atoms with Gasteiger partial charge in [-0.25, -0.2) is 4.68 Å². The Hall–Kier alpha value is -2.08. The molecule has 0 aliphatic rings. The monoisotopic (exact) mass is 197 g/mol. The molecule has 0 unspecified atom stereocenters. The van der Waals surface area contributed by atoms with Gasteiger partial charge in [-0.1, -0.05) is 6.07 Å². The summed E-state index contributed by atoms with van der Waals surface area (Å²) in [7, 11) is 0. The molecule has 2 aromatic rings. The lowest BCUT2D eigenvalue weighted by molar-refractivity contribution is 0.875. The highest BCUT2D eigenvalue weighted by Gasteiger charge is 2.05. The standard InChI is InChI=1S/C12H11N3/c1-9-3-4-11(6-13)12(5-9)15-8-10(2)7-14-15/h3-5,7-8H,1-2H3. The molecule has 0 spiro atoms. The van der Waals surface area contributed by atoms with Crippen LogP contribution in [0, 0.1) is 25.2 Å². The number of benzene rings is 1. The second-order valence-electron chi connectivity index (χ2n) is 3.59. The Morgan fingerprint density at radius 3 is 2.67 bits per heavy atom. The molecule has 0 aliphatic heterocycles. The maximum Gasteiger partial charge on any atom is 0.101 e. The van der Waals surface area contributed by atoms with Crippen molar-refractivity contribution in [3.63, 3.8) is 0 Å². The van der Waals surface area contributed by atoms with E-state index in [1.165, 1.54) is 0 Å². The number of hydrogen-bond donors (Lipinski definition) is 0. The summed E-state index contributed by atoms with van der Waals surface area (Å²) >= 11 is 0. The van der Waals surface area contributed by atoms with Crippen molar-refractivity contribution in [2.75, 3.05) is 0 Å². The second kappa shape index (κ2) is 3.58. The van der Waals surface area contributed by atoms with Crippen LogP contribution in [0.2, 0.25) is 0 Å². The van der Waals surface area contributed by atoms with Gasteiger partial charge in [-0.3, -0.25) is 0 Å². The Morgan fingerprint density at radius 2 is 2.07 bits per heavy atom. The lowest BCUT2D eigenvalue weighted by Crippen LogP contribution is -1.98. The van der Waals surface area contributed by atoms with E-state index in [0.717, 1.165) is 16.8 Å². The summed E-state index contributed by atoms with van der Waals surface area (Å²) in [6, 6.07) is 7.88. The summed E-state index contributed by atoms with van der Waals surface area (Å²) in [5.41, 5.74) is 3.69. The molecular weight excluding hydrogens is 186 g/mol. The molecule has 0 saturated carbocycles. The molecule has 0 radical (unpaired) electrons. The molecule has 1 aromatic carbocycles. The van der Waals surface area contributed by atoms with Gasteiger partial charge in [0.15, 0.2) is 0 Å². The van der Waals surface area contributed by atoms with Crippen LogP contribution in [0.15, 0.2) is 30.6 Å². The van der Waals surface area contributed by atoms with E-state index >= 15 is 0 Å². The fourth-order valence-corrected chi connectivity index (χ4v) is 1.47. The van der Waals surface area contributed by atoms with Crippen molar-refractivity contribution in [2.45, 2.75) is 13.8 Å². The average Bonchev–Trinajstić information content (AvgIpc) is 2.65. The third kappa shape index (κ3) is 1.75. The van der Waals surface area contributed by atoms with E-state index in [2.05, 4.69) is 11.2 Å². The molecule has 0 fully saturated rings. The molecule has 0 saturated heterocycles. The molecular formula is C12H11N3. The maximum atomic E-state index is 8.99. The van der Waals surface area contributed by atoms with Gasteiger partial charge < -0.3 is 0 Å². The summed E-state index contributed by atoms with van der Waals surface area (Å²) in [5.74, 6) is 0. The van der Waals surface area contributed by atoms with Crippen LogP contribution in [0.1, 0.15) is 16.7 Å². The van der Waals surface area contributed by atoms with Crippen molar-refractivity contribution in [1.29, 1.82) is 5.26 Å². The van der Waals surface area contributed by atoms with Crippen LogP contribution >= 0.6 is 0 Å². The van der Waals surface area contributed by atoms with Crippen molar-refractivity contribution in [3.05, 3.63) is 47.3 Å². The summed E-state index contributed by atoms with van der Waals surface area (Å²) in [6.45, 7) is 3.98. The largest absolute Gasteiger partial charge is 0.239 e. The molecule has 15 heavy (non-hydrogen) atoms. The Balaban J connectivity index is 2.61. The molecule has 3 nitrogen and oxygen atoms in total. The van der Waals surface area contributed by atoms with Gasteiger partial charge in [-0.15, -0.1) is 0 Å². The zero-order valence-electron chi connectivity index (χ0n) is 8.73. The molecule has 0 bridgehead atoms. The van der Waals surface area contributed by atoms with E-state index in [1.807, 2.05) is 38.2 Å². The van der Waals surface area contributed by atoms with Crippen molar-refractivity contribution in [3.8, 4) is 11.8 Å². The van der Waals surface area contributed by atoms with Gasteiger partial charge in [0, 0.05) is 6.20 Å². The molecule has 3 heteroatoms. The van der Waals surface area contributed by atoms with Crippen LogP contribution in [0.25, 0.3) is 5.69 Å². The van der Waals surface area contributed by atoms with Crippen LogP contribution in [-0.4, -0.2) is 9.78 Å². The molecule has 74 valence electrons. The molecule has 1 heterocycles. The van der Waals surface area contributed by atoms with Crippen LogP contribution in [0.3, 0.4) is 0 Å². The predicted molar refractivity (Wildman–Crippen MR) is 57.8 cm³/mol. The summed E-state index contributed by atoms with van der Waals surface area (Å²) in [4.78, 5) is 0. The molecule has 0 atom stereocenters. The first kappa shape index (κ1) is 9.47. The summed E-state index contributed by atoms with van der Waals surface area (Å²) in [5, 5.41) is 13.2. The first-order chi connectivity index (χ1) is 7.20. The minimum atomic E-state index is 0.642. The Labute approximate surface area is 88.6 Å². The maximum absolute atomic E-state index is 8.99. The minimum Gasteiger partial charge on any atom is -0.239 e. The highest BCUT2D eigenvalue weighted by atomic mass is 15.3. The van der Waals surface area contributed by atoms with Crippen LogP contribution < -0.4 is 0 Å². The van der Waals surface area contributed by atoms with E-state index in [0.29, 0.717) is 5.56 Å². The van der Waals surface area contributed by atoms with E-state index < -0.39 is 0 Å². The highest BCUT2D eigenvalue weighted by molar-refractivity contribution is 5.50. The molecule has 0 N–H and O–H groups in total. The van der Waals surface area contributed by atoms with Gasteiger partial charge in [0.25, 0.3) is 0 Å². The van der Waals surface area contributed by atoms with Gasteiger partial charge in [0.2, 0.25) is 0 Å². The van der Waals surface area contributed by atoms with Crippen LogP contribution in [0.5, 0.6) is 0 Å².